The lowest BCUT2D eigenvalue weighted by molar-refractivity contribution is 0.0163. The van der Waals surface area contributed by atoms with Crippen molar-refractivity contribution in [2.75, 3.05) is 13.1 Å². The van der Waals surface area contributed by atoms with Gasteiger partial charge in [-0.15, -0.1) is 0 Å². The monoisotopic (exact) mass is 240 g/mol. The lowest BCUT2D eigenvalue weighted by Crippen LogP contribution is -2.45. The van der Waals surface area contributed by atoms with E-state index in [2.05, 4.69) is 10.6 Å². The molecular formula is C14H28N2O. The van der Waals surface area contributed by atoms with Crippen LogP contribution in [0.3, 0.4) is 0 Å². The molecule has 0 aliphatic carbocycles. The van der Waals surface area contributed by atoms with E-state index in [1.807, 2.05) is 6.92 Å². The molecule has 0 aromatic heterocycles. The van der Waals surface area contributed by atoms with E-state index in [0.717, 1.165) is 25.9 Å². The summed E-state index contributed by atoms with van der Waals surface area (Å²) in [4.78, 5) is 0. The predicted octanol–water partition coefficient (Wildman–Crippen LogP) is 1.80. The Labute approximate surface area is 105 Å². The van der Waals surface area contributed by atoms with Crippen LogP contribution < -0.4 is 10.6 Å². The molecule has 2 aliphatic heterocycles. The van der Waals surface area contributed by atoms with Crippen molar-refractivity contribution in [2.24, 2.45) is 0 Å². The maximum absolute atomic E-state index is 10.5. The highest BCUT2D eigenvalue weighted by molar-refractivity contribution is 4.87. The first kappa shape index (κ1) is 13.3. The fraction of sp³-hybridized carbons (Fsp3) is 1.00. The van der Waals surface area contributed by atoms with E-state index in [9.17, 15) is 5.11 Å². The van der Waals surface area contributed by atoms with Crippen molar-refractivity contribution in [2.45, 2.75) is 76.0 Å². The van der Waals surface area contributed by atoms with Gasteiger partial charge >= 0.3 is 0 Å². The predicted molar refractivity (Wildman–Crippen MR) is 71.1 cm³/mol. The number of hydrogen-bond donors (Lipinski definition) is 3. The molecule has 2 aliphatic rings. The van der Waals surface area contributed by atoms with E-state index in [1.165, 1.54) is 38.5 Å². The fourth-order valence-electron chi connectivity index (χ4n) is 3.34. The highest BCUT2D eigenvalue weighted by Gasteiger charge is 2.29. The first-order valence-corrected chi connectivity index (χ1v) is 7.35. The van der Waals surface area contributed by atoms with Gasteiger partial charge in [0.25, 0.3) is 0 Å². The third-order valence-corrected chi connectivity index (χ3v) is 4.20. The van der Waals surface area contributed by atoms with Crippen molar-refractivity contribution in [1.82, 2.24) is 10.6 Å². The molecule has 0 aromatic rings. The Balaban J connectivity index is 1.75. The van der Waals surface area contributed by atoms with Crippen LogP contribution in [0.4, 0.5) is 0 Å². The van der Waals surface area contributed by atoms with Gasteiger partial charge in [-0.05, 0) is 58.5 Å². The zero-order chi connectivity index (χ0) is 12.1. The summed E-state index contributed by atoms with van der Waals surface area (Å²) in [5, 5.41) is 17.6. The summed E-state index contributed by atoms with van der Waals surface area (Å²) in [6.07, 6.45) is 9.50. The Morgan fingerprint density at radius 1 is 0.941 bits per heavy atom. The average molecular weight is 240 g/mol. The maximum atomic E-state index is 10.5. The van der Waals surface area contributed by atoms with E-state index in [-0.39, 0.29) is 0 Å². The average Bonchev–Trinajstić information content (AvgIpc) is 2.30. The highest BCUT2D eigenvalue weighted by atomic mass is 16.3. The molecular weight excluding hydrogens is 212 g/mol. The lowest BCUT2D eigenvalue weighted by atomic mass is 9.85. The van der Waals surface area contributed by atoms with Gasteiger partial charge in [0.2, 0.25) is 0 Å². The fourth-order valence-corrected chi connectivity index (χ4v) is 3.34. The summed E-state index contributed by atoms with van der Waals surface area (Å²) in [7, 11) is 0. The summed E-state index contributed by atoms with van der Waals surface area (Å²) >= 11 is 0. The Hall–Kier alpha value is -0.120. The minimum atomic E-state index is -0.510. The normalized spacial score (nSPS) is 34.2. The van der Waals surface area contributed by atoms with Gasteiger partial charge in [0, 0.05) is 12.1 Å². The summed E-state index contributed by atoms with van der Waals surface area (Å²) in [6, 6.07) is 1.06. The van der Waals surface area contributed by atoms with Crippen molar-refractivity contribution in [1.29, 1.82) is 0 Å². The molecule has 2 heterocycles. The molecule has 2 unspecified atom stereocenters. The number of rotatable bonds is 4. The number of hydrogen-bond acceptors (Lipinski definition) is 3. The Bertz CT molecular complexity index is 196. The van der Waals surface area contributed by atoms with E-state index in [0.29, 0.717) is 12.1 Å². The quantitative estimate of drug-likeness (QED) is 0.702. The second-order valence-corrected chi connectivity index (χ2v) is 6.20. The van der Waals surface area contributed by atoms with Crippen LogP contribution in [-0.4, -0.2) is 35.9 Å². The molecule has 17 heavy (non-hydrogen) atoms. The van der Waals surface area contributed by atoms with Gasteiger partial charge in [-0.3, -0.25) is 0 Å². The van der Waals surface area contributed by atoms with Crippen LogP contribution in [0.2, 0.25) is 0 Å². The first-order chi connectivity index (χ1) is 8.16. The summed E-state index contributed by atoms with van der Waals surface area (Å²) in [6.45, 7) is 4.27. The number of piperidine rings is 2. The van der Waals surface area contributed by atoms with Crippen molar-refractivity contribution in [3.8, 4) is 0 Å². The third-order valence-electron chi connectivity index (χ3n) is 4.20. The van der Waals surface area contributed by atoms with Gasteiger partial charge in [0.1, 0.15) is 0 Å². The van der Waals surface area contributed by atoms with Crippen LogP contribution in [-0.2, 0) is 0 Å². The van der Waals surface area contributed by atoms with Gasteiger partial charge in [-0.2, -0.15) is 0 Å². The van der Waals surface area contributed by atoms with Crippen molar-refractivity contribution in [3.63, 3.8) is 0 Å². The summed E-state index contributed by atoms with van der Waals surface area (Å²) in [5.74, 6) is 0. The van der Waals surface area contributed by atoms with Gasteiger partial charge in [0.05, 0.1) is 5.60 Å². The molecule has 0 aromatic carbocycles. The van der Waals surface area contributed by atoms with Crippen LogP contribution in [0.5, 0.6) is 0 Å². The Morgan fingerprint density at radius 3 is 1.76 bits per heavy atom. The zero-order valence-electron chi connectivity index (χ0n) is 11.2. The van der Waals surface area contributed by atoms with Gasteiger partial charge in [-0.25, -0.2) is 0 Å². The third kappa shape index (κ3) is 4.57. The van der Waals surface area contributed by atoms with Gasteiger partial charge < -0.3 is 15.7 Å². The lowest BCUT2D eigenvalue weighted by Gasteiger charge is -2.35. The van der Waals surface area contributed by atoms with E-state index in [1.54, 1.807) is 0 Å². The second-order valence-electron chi connectivity index (χ2n) is 6.20. The molecule has 3 nitrogen and oxygen atoms in total. The SMILES string of the molecule is CC(O)(CC1CCCCN1)CC1CCCCN1. The van der Waals surface area contributed by atoms with E-state index in [4.69, 9.17) is 0 Å². The zero-order valence-corrected chi connectivity index (χ0v) is 11.2. The van der Waals surface area contributed by atoms with Crippen molar-refractivity contribution in [3.05, 3.63) is 0 Å². The molecule has 2 saturated heterocycles. The van der Waals surface area contributed by atoms with Gasteiger partial charge in [-0.1, -0.05) is 12.8 Å². The second kappa shape index (κ2) is 6.17. The van der Waals surface area contributed by atoms with Crippen molar-refractivity contribution < 1.29 is 5.11 Å². The van der Waals surface area contributed by atoms with Crippen LogP contribution in [0, 0.1) is 0 Å². The standard InChI is InChI=1S/C14H28N2O/c1-14(17,10-12-6-2-4-8-15-12)11-13-7-3-5-9-16-13/h12-13,15-17H,2-11H2,1H3. The Kier molecular flexibility index (Phi) is 4.83. The largest absolute Gasteiger partial charge is 0.390 e. The summed E-state index contributed by atoms with van der Waals surface area (Å²) in [5.41, 5.74) is -0.510. The smallest absolute Gasteiger partial charge is 0.0649 e. The minimum Gasteiger partial charge on any atom is -0.390 e. The molecule has 2 fully saturated rings. The topological polar surface area (TPSA) is 44.3 Å². The molecule has 0 spiro atoms. The molecule has 3 heteroatoms. The van der Waals surface area contributed by atoms with Crippen LogP contribution in [0.25, 0.3) is 0 Å². The molecule has 0 radical (unpaired) electrons. The highest BCUT2D eigenvalue weighted by Crippen LogP contribution is 2.25. The molecule has 0 saturated carbocycles. The maximum Gasteiger partial charge on any atom is 0.0649 e. The van der Waals surface area contributed by atoms with Crippen LogP contribution in [0.1, 0.15) is 58.3 Å². The molecule has 100 valence electrons. The molecule has 2 atom stereocenters. The summed E-state index contributed by atoms with van der Waals surface area (Å²) < 4.78 is 0. The van der Waals surface area contributed by atoms with Crippen molar-refractivity contribution >= 4 is 0 Å². The minimum absolute atomic E-state index is 0.510. The van der Waals surface area contributed by atoms with Crippen LogP contribution >= 0.6 is 0 Å². The number of aliphatic hydroxyl groups is 1. The van der Waals surface area contributed by atoms with E-state index < -0.39 is 5.60 Å². The molecule has 2 rings (SSSR count). The Morgan fingerprint density at radius 2 is 1.41 bits per heavy atom. The number of nitrogens with one attached hydrogen (secondary N) is 2. The molecule has 0 bridgehead atoms. The van der Waals surface area contributed by atoms with E-state index >= 15 is 0 Å². The van der Waals surface area contributed by atoms with Gasteiger partial charge in [0.15, 0.2) is 0 Å². The molecule has 0 amide bonds. The molecule has 3 N–H and O–H groups in total. The van der Waals surface area contributed by atoms with Crippen LogP contribution in [0.15, 0.2) is 0 Å². The first-order valence-electron chi connectivity index (χ1n) is 7.35.